The van der Waals surface area contributed by atoms with Crippen molar-refractivity contribution >= 4 is 29.0 Å². The van der Waals surface area contributed by atoms with Crippen molar-refractivity contribution in [3.05, 3.63) is 24.4 Å². The zero-order chi connectivity index (χ0) is 20.0. The Morgan fingerprint density at radius 3 is 2.78 bits per heavy atom. The van der Waals surface area contributed by atoms with E-state index in [-0.39, 0.29) is 43.0 Å². The van der Waals surface area contributed by atoms with Crippen LogP contribution >= 0.6 is 0 Å². The van der Waals surface area contributed by atoms with E-state index >= 15 is 0 Å². The molecule has 0 aromatic carbocycles. The van der Waals surface area contributed by atoms with Crippen molar-refractivity contribution in [2.45, 2.75) is 56.6 Å². The van der Waals surface area contributed by atoms with Gasteiger partial charge >= 0.3 is 0 Å². The summed E-state index contributed by atoms with van der Waals surface area (Å²) in [5.41, 5.74) is 5.14. The molecule has 0 saturated carbocycles. The number of primary amides is 1. The predicted octanol–water partition coefficient (Wildman–Crippen LogP) is 0.544. The molecule has 0 radical (unpaired) electrons. The first kappa shape index (κ1) is 21.3. The van der Waals surface area contributed by atoms with Gasteiger partial charge in [-0.2, -0.15) is 0 Å². The molecule has 2 heterocycles. The second-order valence-electron chi connectivity index (χ2n) is 6.98. The molecule has 1 aromatic rings. The van der Waals surface area contributed by atoms with Gasteiger partial charge in [-0.3, -0.25) is 14.4 Å². The Kier molecular flexibility index (Phi) is 7.76. The van der Waals surface area contributed by atoms with Crippen LogP contribution in [0.1, 0.15) is 39.5 Å². The maximum Gasteiger partial charge on any atom is 0.265 e. The van der Waals surface area contributed by atoms with Crippen LogP contribution in [0.25, 0.3) is 0 Å². The van der Waals surface area contributed by atoms with Crippen LogP contribution in [-0.2, 0) is 25.7 Å². The normalized spacial score (nSPS) is 23.3. The van der Waals surface area contributed by atoms with Crippen LogP contribution in [0.15, 0.2) is 29.4 Å². The van der Waals surface area contributed by atoms with Crippen molar-refractivity contribution in [1.29, 1.82) is 0 Å². The lowest BCUT2D eigenvalue weighted by atomic mass is 10.0. The summed E-state index contributed by atoms with van der Waals surface area (Å²) in [5.74, 6) is -1.11. The minimum atomic E-state index is -1.54. The molecule has 0 aliphatic carbocycles. The van der Waals surface area contributed by atoms with Crippen LogP contribution in [0.5, 0.6) is 0 Å². The number of carbonyl (C=O) groups excluding carboxylic acids is 3. The van der Waals surface area contributed by atoms with Crippen molar-refractivity contribution in [1.82, 2.24) is 14.6 Å². The number of nitrogens with one attached hydrogen (secondary N) is 1. The highest BCUT2D eigenvalue weighted by Gasteiger charge is 2.37. The van der Waals surface area contributed by atoms with Gasteiger partial charge in [-0.1, -0.05) is 13.0 Å². The maximum absolute atomic E-state index is 12.8. The summed E-state index contributed by atoms with van der Waals surface area (Å²) < 4.78 is 14.4. The zero-order valence-corrected chi connectivity index (χ0v) is 16.4. The summed E-state index contributed by atoms with van der Waals surface area (Å²) in [5, 5.41) is 3.15. The second-order valence-corrected chi connectivity index (χ2v) is 8.37. The SMILES string of the molecule is C[C@@H](CC(N)=O)CC(=O)N[C@H]1CC[C@@H](C)N([S+]([O-])c2ccccn2)CC1=O. The molecule has 1 fully saturated rings. The fourth-order valence-corrected chi connectivity index (χ4v) is 4.33. The molecule has 9 heteroatoms. The third-order valence-electron chi connectivity index (χ3n) is 4.51. The average molecular weight is 394 g/mol. The van der Waals surface area contributed by atoms with Crippen LogP contribution in [-0.4, -0.2) is 50.1 Å². The number of nitrogens with two attached hydrogens (primary N) is 1. The van der Waals surface area contributed by atoms with Crippen molar-refractivity contribution in [3.63, 3.8) is 0 Å². The van der Waals surface area contributed by atoms with E-state index in [4.69, 9.17) is 5.73 Å². The number of amides is 2. The first-order chi connectivity index (χ1) is 12.8. The van der Waals surface area contributed by atoms with Gasteiger partial charge in [0.25, 0.3) is 5.03 Å². The van der Waals surface area contributed by atoms with Gasteiger partial charge in [0.2, 0.25) is 11.8 Å². The third-order valence-corrected chi connectivity index (χ3v) is 6.03. The highest BCUT2D eigenvalue weighted by atomic mass is 32.2. The lowest BCUT2D eigenvalue weighted by Crippen LogP contribution is -2.45. The summed E-state index contributed by atoms with van der Waals surface area (Å²) in [4.78, 5) is 39.8. The van der Waals surface area contributed by atoms with E-state index in [0.29, 0.717) is 17.9 Å². The number of Topliss-reactive ketones (excluding diaryl/α,β-unsaturated/α-hetero) is 1. The molecule has 4 atom stereocenters. The molecular formula is C18H26N4O4S. The van der Waals surface area contributed by atoms with Crippen molar-refractivity contribution in [2.24, 2.45) is 11.7 Å². The van der Waals surface area contributed by atoms with Gasteiger partial charge in [0.05, 0.1) is 12.1 Å². The Hall–Kier alpha value is -1.97. The summed E-state index contributed by atoms with van der Waals surface area (Å²) in [6, 6.07) is 4.44. The van der Waals surface area contributed by atoms with Crippen molar-refractivity contribution < 1.29 is 18.9 Å². The number of nitrogens with zero attached hydrogens (tertiary/aromatic N) is 2. The van der Waals surface area contributed by atoms with Crippen molar-refractivity contribution in [3.8, 4) is 0 Å². The molecular weight excluding hydrogens is 368 g/mol. The van der Waals surface area contributed by atoms with Gasteiger partial charge in [0.15, 0.2) is 5.78 Å². The van der Waals surface area contributed by atoms with Crippen LogP contribution in [0.2, 0.25) is 0 Å². The molecule has 2 rings (SSSR count). The minimum Gasteiger partial charge on any atom is -0.591 e. The lowest BCUT2D eigenvalue weighted by molar-refractivity contribution is -0.128. The van der Waals surface area contributed by atoms with E-state index in [0.717, 1.165) is 0 Å². The van der Waals surface area contributed by atoms with E-state index in [9.17, 15) is 18.9 Å². The Labute approximate surface area is 162 Å². The average Bonchev–Trinajstić information content (AvgIpc) is 2.74. The quantitative estimate of drug-likeness (QED) is 0.650. The van der Waals surface area contributed by atoms with Crippen LogP contribution in [0, 0.1) is 5.92 Å². The lowest BCUT2D eigenvalue weighted by Gasteiger charge is -2.25. The molecule has 1 aliphatic rings. The van der Waals surface area contributed by atoms with E-state index in [1.807, 2.05) is 6.92 Å². The number of hydrogen-bond donors (Lipinski definition) is 2. The number of hydrogen-bond acceptors (Lipinski definition) is 6. The minimum absolute atomic E-state index is 0.0217. The van der Waals surface area contributed by atoms with Crippen molar-refractivity contribution in [2.75, 3.05) is 6.54 Å². The Morgan fingerprint density at radius 1 is 1.41 bits per heavy atom. The molecule has 1 aromatic heterocycles. The molecule has 8 nitrogen and oxygen atoms in total. The van der Waals surface area contributed by atoms with Crippen LogP contribution < -0.4 is 11.1 Å². The molecule has 148 valence electrons. The topological polar surface area (TPSA) is 128 Å². The predicted molar refractivity (Wildman–Crippen MR) is 101 cm³/mol. The molecule has 1 unspecified atom stereocenters. The third kappa shape index (κ3) is 6.30. The Morgan fingerprint density at radius 2 is 2.15 bits per heavy atom. The van der Waals surface area contributed by atoms with Crippen LogP contribution in [0.4, 0.5) is 0 Å². The molecule has 1 saturated heterocycles. The first-order valence-electron chi connectivity index (χ1n) is 8.98. The standard InChI is InChI=1S/C18H26N4O4S/c1-12(9-16(19)24)10-17(25)21-14-7-6-13(2)22(11-15(14)23)27(26)18-5-3-4-8-20-18/h3-5,8,12-14H,6-7,9-11H2,1-2H3,(H2,19,24)(H,21,25)/t12-,13+,14-,27?/m0/s1. The van der Waals surface area contributed by atoms with E-state index < -0.39 is 23.3 Å². The zero-order valence-electron chi connectivity index (χ0n) is 15.6. The monoisotopic (exact) mass is 394 g/mol. The fourth-order valence-electron chi connectivity index (χ4n) is 3.06. The largest absolute Gasteiger partial charge is 0.591 e. The summed E-state index contributed by atoms with van der Waals surface area (Å²) in [6.07, 6.45) is 2.91. The smallest absolute Gasteiger partial charge is 0.265 e. The highest BCUT2D eigenvalue weighted by Crippen LogP contribution is 2.22. The second kappa shape index (κ2) is 9.82. The number of aromatic nitrogens is 1. The van der Waals surface area contributed by atoms with E-state index in [2.05, 4.69) is 10.3 Å². The molecule has 3 N–H and O–H groups in total. The fraction of sp³-hybridized carbons (Fsp3) is 0.556. The molecule has 2 amide bonds. The highest BCUT2D eigenvalue weighted by molar-refractivity contribution is 7.89. The Bertz CT molecular complexity index is 673. The van der Waals surface area contributed by atoms with Gasteiger partial charge < -0.3 is 15.6 Å². The Balaban J connectivity index is 1.98. The summed E-state index contributed by atoms with van der Waals surface area (Å²) in [6.45, 7) is 3.65. The summed E-state index contributed by atoms with van der Waals surface area (Å²) in [7, 11) is 0. The van der Waals surface area contributed by atoms with Crippen LogP contribution in [0.3, 0.4) is 0 Å². The van der Waals surface area contributed by atoms with E-state index in [1.54, 1.807) is 35.6 Å². The molecule has 27 heavy (non-hydrogen) atoms. The summed E-state index contributed by atoms with van der Waals surface area (Å²) >= 11 is -1.54. The maximum atomic E-state index is 12.8. The van der Waals surface area contributed by atoms with Gasteiger partial charge in [0.1, 0.15) is 17.9 Å². The number of carbonyl (C=O) groups is 3. The first-order valence-corrected chi connectivity index (χ1v) is 10.1. The number of ketones is 1. The van der Waals surface area contributed by atoms with Gasteiger partial charge in [-0.15, -0.1) is 4.31 Å². The number of rotatable bonds is 7. The number of pyridine rings is 1. The molecule has 0 bridgehead atoms. The molecule has 1 aliphatic heterocycles. The van der Waals surface area contributed by atoms with Gasteiger partial charge in [0, 0.05) is 25.1 Å². The van der Waals surface area contributed by atoms with Gasteiger partial charge in [-0.25, -0.2) is 4.98 Å². The van der Waals surface area contributed by atoms with E-state index in [1.165, 1.54) is 0 Å². The molecule has 0 spiro atoms. The van der Waals surface area contributed by atoms with Gasteiger partial charge in [-0.05, 0) is 31.7 Å².